The van der Waals surface area contributed by atoms with Crippen LogP contribution in [0.5, 0.6) is 5.75 Å². The Morgan fingerprint density at radius 3 is 2.55 bits per heavy atom. The summed E-state index contributed by atoms with van der Waals surface area (Å²) in [5.74, 6) is -1.52. The van der Waals surface area contributed by atoms with Gasteiger partial charge in [-0.05, 0) is 48.4 Å². The Balaban J connectivity index is 1.76. The van der Waals surface area contributed by atoms with Gasteiger partial charge in [-0.2, -0.15) is 0 Å². The van der Waals surface area contributed by atoms with Crippen molar-refractivity contribution in [2.24, 2.45) is 0 Å². The van der Waals surface area contributed by atoms with Crippen LogP contribution in [-0.4, -0.2) is 33.3 Å². The third kappa shape index (κ3) is 3.97. The summed E-state index contributed by atoms with van der Waals surface area (Å²) in [4.78, 5) is 27.8. The second-order valence-electron chi connectivity index (χ2n) is 7.58. The largest absolute Gasteiger partial charge is 0.508 e. The number of nitrogens with zero attached hydrogens (tertiary/aromatic N) is 1. The van der Waals surface area contributed by atoms with E-state index in [1.165, 1.54) is 17.0 Å². The van der Waals surface area contributed by atoms with Gasteiger partial charge in [0.05, 0.1) is 11.6 Å². The van der Waals surface area contributed by atoms with Crippen LogP contribution in [0.2, 0.25) is 0 Å². The van der Waals surface area contributed by atoms with Crippen LogP contribution in [0.15, 0.2) is 68.8 Å². The number of ketones is 1. The fourth-order valence-electron chi connectivity index (χ4n) is 3.91. The van der Waals surface area contributed by atoms with Crippen LogP contribution in [0.4, 0.5) is 0 Å². The van der Waals surface area contributed by atoms with E-state index in [0.29, 0.717) is 17.7 Å². The number of amides is 1. The summed E-state index contributed by atoms with van der Waals surface area (Å²) < 4.78 is 6.58. The van der Waals surface area contributed by atoms with Gasteiger partial charge in [0.1, 0.15) is 11.3 Å². The topological polar surface area (TPSA) is 91.0 Å². The highest BCUT2D eigenvalue weighted by molar-refractivity contribution is 9.10. The van der Waals surface area contributed by atoms with Crippen LogP contribution in [0.25, 0.3) is 11.0 Å². The van der Waals surface area contributed by atoms with E-state index < -0.39 is 23.5 Å². The highest BCUT2D eigenvalue weighted by Gasteiger charge is 2.44. The molecule has 2 heterocycles. The number of unbranched alkanes of at least 4 members (excludes halogenated alkanes) is 2. The number of phenols is 1. The van der Waals surface area contributed by atoms with Crippen molar-refractivity contribution < 1.29 is 24.2 Å². The maximum absolute atomic E-state index is 13.4. The van der Waals surface area contributed by atoms with E-state index in [0.717, 1.165) is 29.1 Å². The van der Waals surface area contributed by atoms with E-state index in [-0.39, 0.29) is 17.1 Å². The summed E-state index contributed by atoms with van der Waals surface area (Å²) in [5.41, 5.74) is 1.16. The molecule has 6 nitrogen and oxygen atoms in total. The quantitative estimate of drug-likeness (QED) is 0.333. The molecule has 0 aliphatic carbocycles. The number of carbonyl (C=O) groups excluding carboxylic acids is 2. The van der Waals surface area contributed by atoms with Crippen LogP contribution < -0.4 is 0 Å². The minimum atomic E-state index is -0.752. The monoisotopic (exact) mass is 483 g/mol. The Morgan fingerprint density at radius 2 is 1.84 bits per heavy atom. The molecule has 7 heteroatoms. The molecular formula is C24H22BrNO5. The van der Waals surface area contributed by atoms with Gasteiger partial charge in [0, 0.05) is 16.4 Å². The molecule has 1 amide bonds. The summed E-state index contributed by atoms with van der Waals surface area (Å²) in [5, 5.41) is 21.1. The maximum atomic E-state index is 13.4. The number of aliphatic hydroxyl groups is 1. The molecule has 0 saturated heterocycles. The second kappa shape index (κ2) is 8.59. The number of benzene rings is 2. The van der Waals surface area contributed by atoms with Gasteiger partial charge in [0.15, 0.2) is 11.5 Å². The highest BCUT2D eigenvalue weighted by atomic mass is 79.9. The van der Waals surface area contributed by atoms with Gasteiger partial charge in [-0.3, -0.25) is 9.59 Å². The average molecular weight is 484 g/mol. The first-order chi connectivity index (χ1) is 14.9. The normalized spacial score (nSPS) is 16.5. The lowest BCUT2D eigenvalue weighted by atomic mass is 9.95. The summed E-state index contributed by atoms with van der Waals surface area (Å²) in [6.45, 7) is 2.47. The molecule has 1 unspecified atom stereocenters. The fourth-order valence-corrected chi connectivity index (χ4v) is 4.29. The smallest absolute Gasteiger partial charge is 0.290 e. The second-order valence-corrected chi connectivity index (χ2v) is 8.50. The first-order valence-electron chi connectivity index (χ1n) is 10.2. The van der Waals surface area contributed by atoms with Crippen molar-refractivity contribution in [2.45, 2.75) is 32.2 Å². The van der Waals surface area contributed by atoms with Gasteiger partial charge in [0.25, 0.3) is 5.91 Å². The van der Waals surface area contributed by atoms with Gasteiger partial charge in [-0.15, -0.1) is 0 Å². The van der Waals surface area contributed by atoms with Crippen molar-refractivity contribution in [3.8, 4) is 5.75 Å². The fraction of sp³-hybridized carbons (Fsp3) is 0.250. The number of phenolic OH excluding ortho intramolecular Hbond substituents is 1. The summed E-state index contributed by atoms with van der Waals surface area (Å²) in [7, 11) is 0. The number of rotatable bonds is 7. The molecule has 2 aromatic carbocycles. The predicted octanol–water partition coefficient (Wildman–Crippen LogP) is 5.67. The molecule has 3 aromatic rings. The first kappa shape index (κ1) is 21.2. The third-order valence-electron chi connectivity index (χ3n) is 5.46. The van der Waals surface area contributed by atoms with Crippen LogP contribution in [0.1, 0.15) is 48.3 Å². The minimum absolute atomic E-state index is 0.00897. The predicted molar refractivity (Wildman–Crippen MR) is 120 cm³/mol. The Labute approximate surface area is 187 Å². The molecular weight excluding hydrogens is 462 g/mol. The summed E-state index contributed by atoms with van der Waals surface area (Å²) in [6.07, 6.45) is 2.66. The Morgan fingerprint density at radius 1 is 1.10 bits per heavy atom. The number of Topliss-reactive ketones (excluding diaryl/α,β-unsaturated/α-hetero) is 1. The van der Waals surface area contributed by atoms with Gasteiger partial charge >= 0.3 is 0 Å². The number of carbonyl (C=O) groups is 2. The lowest BCUT2D eigenvalue weighted by Crippen LogP contribution is -2.32. The van der Waals surface area contributed by atoms with E-state index in [1.807, 2.05) is 12.1 Å². The molecule has 31 heavy (non-hydrogen) atoms. The van der Waals surface area contributed by atoms with Crippen molar-refractivity contribution in [1.29, 1.82) is 0 Å². The first-order valence-corrected chi connectivity index (χ1v) is 11.0. The number of aliphatic hydroxyl groups excluding tert-OH is 1. The van der Waals surface area contributed by atoms with Crippen LogP contribution in [-0.2, 0) is 4.79 Å². The molecule has 0 saturated carbocycles. The van der Waals surface area contributed by atoms with Gasteiger partial charge in [0.2, 0.25) is 5.78 Å². The minimum Gasteiger partial charge on any atom is -0.508 e. The lowest BCUT2D eigenvalue weighted by Gasteiger charge is -2.26. The van der Waals surface area contributed by atoms with E-state index in [4.69, 9.17) is 4.42 Å². The van der Waals surface area contributed by atoms with Gasteiger partial charge in [-0.25, -0.2) is 0 Å². The molecule has 1 atom stereocenters. The number of hydrogen-bond acceptors (Lipinski definition) is 5. The lowest BCUT2D eigenvalue weighted by molar-refractivity contribution is -0.129. The van der Waals surface area contributed by atoms with Crippen molar-refractivity contribution in [3.05, 3.63) is 75.7 Å². The van der Waals surface area contributed by atoms with Crippen LogP contribution in [0.3, 0.4) is 0 Å². The molecule has 1 aliphatic rings. The van der Waals surface area contributed by atoms with E-state index in [9.17, 15) is 19.8 Å². The van der Waals surface area contributed by atoms with Gasteiger partial charge < -0.3 is 19.5 Å². The standard InChI is InChI=1S/C24H22BrNO5/c1-2-3-4-11-26-21(14-5-8-17(27)9-6-14)20(23(29)24(26)30)22(28)19-13-15-12-16(25)7-10-18(15)31-19/h5-10,12-13,21,27,29H,2-4,11H2,1H3. The van der Waals surface area contributed by atoms with Gasteiger partial charge in [-0.1, -0.05) is 47.8 Å². The summed E-state index contributed by atoms with van der Waals surface area (Å²) >= 11 is 3.40. The number of furan rings is 1. The Hall–Kier alpha value is -3.06. The molecule has 2 N–H and O–H groups in total. The highest BCUT2D eigenvalue weighted by Crippen LogP contribution is 2.40. The maximum Gasteiger partial charge on any atom is 0.290 e. The molecule has 1 aromatic heterocycles. The van der Waals surface area contributed by atoms with Crippen LogP contribution in [0, 0.1) is 0 Å². The average Bonchev–Trinajstić information content (AvgIpc) is 3.28. The Kier molecular flexibility index (Phi) is 5.87. The Bertz CT molecular complexity index is 1180. The zero-order valence-corrected chi connectivity index (χ0v) is 18.6. The SMILES string of the molecule is CCCCCN1C(=O)C(O)=C(C(=O)c2cc3cc(Br)ccc3o2)C1c1ccc(O)cc1. The molecule has 0 spiro atoms. The van der Waals surface area contributed by atoms with Crippen molar-refractivity contribution in [3.63, 3.8) is 0 Å². The molecule has 0 bridgehead atoms. The van der Waals surface area contributed by atoms with E-state index >= 15 is 0 Å². The molecule has 0 radical (unpaired) electrons. The van der Waals surface area contributed by atoms with Crippen molar-refractivity contribution >= 4 is 38.6 Å². The zero-order chi connectivity index (χ0) is 22.1. The third-order valence-corrected chi connectivity index (χ3v) is 5.96. The number of hydrogen-bond donors (Lipinski definition) is 2. The van der Waals surface area contributed by atoms with Crippen LogP contribution >= 0.6 is 15.9 Å². The molecule has 0 fully saturated rings. The van der Waals surface area contributed by atoms with Crippen molar-refractivity contribution in [2.75, 3.05) is 6.54 Å². The summed E-state index contributed by atoms with van der Waals surface area (Å²) in [6, 6.07) is 12.6. The number of aromatic hydroxyl groups is 1. The number of halogens is 1. The molecule has 4 rings (SSSR count). The molecule has 160 valence electrons. The van der Waals surface area contributed by atoms with E-state index in [1.54, 1.807) is 24.3 Å². The van der Waals surface area contributed by atoms with Crippen molar-refractivity contribution in [1.82, 2.24) is 4.90 Å². The zero-order valence-electron chi connectivity index (χ0n) is 17.0. The number of fused-ring (bicyclic) bond motifs is 1. The molecule has 1 aliphatic heterocycles. The van der Waals surface area contributed by atoms with E-state index in [2.05, 4.69) is 22.9 Å².